The van der Waals surface area contributed by atoms with Crippen LogP contribution >= 0.6 is 0 Å². The summed E-state index contributed by atoms with van der Waals surface area (Å²) in [5.41, 5.74) is -0.426. The maximum absolute atomic E-state index is 12.7. The fourth-order valence-corrected chi connectivity index (χ4v) is 5.25. The Morgan fingerprint density at radius 2 is 1.84 bits per heavy atom. The minimum atomic E-state index is -3.60. The van der Waals surface area contributed by atoms with Crippen LogP contribution in [0.2, 0.25) is 0 Å². The fraction of sp³-hybridized carbons (Fsp3) is 0.368. The van der Waals surface area contributed by atoms with E-state index in [-0.39, 0.29) is 22.6 Å². The number of anilines is 1. The lowest BCUT2D eigenvalue weighted by molar-refractivity contribution is -0.116. The van der Waals surface area contributed by atoms with Crippen LogP contribution in [0.15, 0.2) is 45.1 Å². The molecule has 1 aliphatic heterocycles. The molecule has 0 radical (unpaired) electrons. The molecule has 1 amide bonds. The zero-order valence-electron chi connectivity index (χ0n) is 17.1. The van der Waals surface area contributed by atoms with Crippen LogP contribution in [-0.4, -0.2) is 50.4 Å². The number of aryl methyl sites for hydroxylation is 1. The summed E-state index contributed by atoms with van der Waals surface area (Å²) in [4.78, 5) is 41.3. The zero-order chi connectivity index (χ0) is 22.3. The van der Waals surface area contributed by atoms with Crippen LogP contribution in [0.5, 0.6) is 0 Å². The molecule has 11 nitrogen and oxygen atoms in total. The molecule has 1 fully saturated rings. The van der Waals surface area contributed by atoms with Gasteiger partial charge in [0.25, 0.3) is 5.56 Å². The number of benzene rings is 1. The predicted octanol–water partition coefficient (Wildman–Crippen LogP) is -0.143. The van der Waals surface area contributed by atoms with E-state index in [1.165, 1.54) is 46.0 Å². The van der Waals surface area contributed by atoms with Crippen molar-refractivity contribution >= 4 is 32.8 Å². The standard InChI is InChI=1S/C19H22N6O5S/c1-22-17-16(18(27)23(2)19(22)28)24(12-20-17)11-15(26)21-13-6-5-7-14(10-13)31(29,30)25-8-3-4-9-25/h5-7,10,12H,3-4,8-9,11H2,1-2H3,(H,21,26). The van der Waals surface area contributed by atoms with Crippen LogP contribution in [0.3, 0.4) is 0 Å². The third-order valence-electron chi connectivity index (χ3n) is 5.35. The second-order valence-electron chi connectivity index (χ2n) is 7.44. The maximum Gasteiger partial charge on any atom is 0.332 e. The first-order chi connectivity index (χ1) is 14.7. The summed E-state index contributed by atoms with van der Waals surface area (Å²) >= 11 is 0. The number of carbonyl (C=O) groups is 1. The summed E-state index contributed by atoms with van der Waals surface area (Å²) in [5, 5.41) is 2.66. The molecule has 164 valence electrons. The van der Waals surface area contributed by atoms with E-state index in [1.54, 1.807) is 12.1 Å². The molecule has 0 atom stereocenters. The molecule has 1 aliphatic rings. The Morgan fingerprint density at radius 3 is 2.55 bits per heavy atom. The van der Waals surface area contributed by atoms with Gasteiger partial charge < -0.3 is 9.88 Å². The fourth-order valence-electron chi connectivity index (χ4n) is 3.68. The number of rotatable bonds is 5. The SMILES string of the molecule is Cn1c(=O)c2c(ncn2CC(=O)Nc2cccc(S(=O)(=O)N3CCCC3)c2)n(C)c1=O. The lowest BCUT2D eigenvalue weighted by atomic mass is 10.3. The van der Waals surface area contributed by atoms with Gasteiger partial charge in [-0.1, -0.05) is 6.07 Å². The number of fused-ring (bicyclic) bond motifs is 1. The monoisotopic (exact) mass is 446 g/mol. The van der Waals surface area contributed by atoms with Gasteiger partial charge in [-0.15, -0.1) is 0 Å². The number of nitrogens with zero attached hydrogens (tertiary/aromatic N) is 5. The lowest BCUT2D eigenvalue weighted by Gasteiger charge is -2.16. The van der Waals surface area contributed by atoms with Crippen molar-refractivity contribution in [2.75, 3.05) is 18.4 Å². The number of imidazole rings is 1. The molecule has 1 aromatic carbocycles. The van der Waals surface area contributed by atoms with E-state index in [1.807, 2.05) is 0 Å². The second-order valence-corrected chi connectivity index (χ2v) is 9.38. The van der Waals surface area contributed by atoms with Gasteiger partial charge >= 0.3 is 5.69 Å². The van der Waals surface area contributed by atoms with E-state index in [0.29, 0.717) is 18.8 Å². The Labute approximate surface area is 177 Å². The number of aromatic nitrogens is 4. The highest BCUT2D eigenvalue weighted by molar-refractivity contribution is 7.89. The summed E-state index contributed by atoms with van der Waals surface area (Å²) in [6.45, 7) is 0.751. The minimum absolute atomic E-state index is 0.115. The maximum atomic E-state index is 12.7. The van der Waals surface area contributed by atoms with Gasteiger partial charge in [-0.3, -0.25) is 18.7 Å². The Morgan fingerprint density at radius 1 is 1.13 bits per heavy atom. The van der Waals surface area contributed by atoms with E-state index in [4.69, 9.17) is 0 Å². The molecule has 0 aliphatic carbocycles. The van der Waals surface area contributed by atoms with Gasteiger partial charge in [-0.2, -0.15) is 4.31 Å². The van der Waals surface area contributed by atoms with Crippen molar-refractivity contribution in [2.45, 2.75) is 24.3 Å². The molecular formula is C19H22N6O5S. The van der Waals surface area contributed by atoms with Crippen LogP contribution in [0, 0.1) is 0 Å². The van der Waals surface area contributed by atoms with Crippen molar-refractivity contribution in [3.63, 3.8) is 0 Å². The zero-order valence-corrected chi connectivity index (χ0v) is 17.9. The van der Waals surface area contributed by atoms with Gasteiger partial charge in [0.05, 0.1) is 11.2 Å². The summed E-state index contributed by atoms with van der Waals surface area (Å²) in [6, 6.07) is 6.07. The number of hydrogen-bond acceptors (Lipinski definition) is 6. The molecule has 1 N–H and O–H groups in total. The first-order valence-electron chi connectivity index (χ1n) is 9.71. The average Bonchev–Trinajstić information content (AvgIpc) is 3.42. The lowest BCUT2D eigenvalue weighted by Crippen LogP contribution is -2.37. The van der Waals surface area contributed by atoms with E-state index in [2.05, 4.69) is 10.3 Å². The predicted molar refractivity (Wildman–Crippen MR) is 113 cm³/mol. The topological polar surface area (TPSA) is 128 Å². The first kappa shape index (κ1) is 21.0. The third-order valence-corrected chi connectivity index (χ3v) is 7.25. The van der Waals surface area contributed by atoms with E-state index in [0.717, 1.165) is 17.4 Å². The smallest absolute Gasteiger partial charge is 0.324 e. The van der Waals surface area contributed by atoms with E-state index < -0.39 is 27.2 Å². The Hall–Kier alpha value is -3.25. The molecule has 3 aromatic rings. The highest BCUT2D eigenvalue weighted by atomic mass is 32.2. The summed E-state index contributed by atoms with van der Waals surface area (Å²) in [6.07, 6.45) is 2.98. The van der Waals surface area contributed by atoms with Gasteiger partial charge in [-0.05, 0) is 31.0 Å². The highest BCUT2D eigenvalue weighted by Crippen LogP contribution is 2.23. The molecule has 4 rings (SSSR count). The van der Waals surface area contributed by atoms with Crippen molar-refractivity contribution in [2.24, 2.45) is 14.1 Å². The molecule has 0 unspecified atom stereocenters. The molecular weight excluding hydrogens is 424 g/mol. The van der Waals surface area contributed by atoms with E-state index >= 15 is 0 Å². The van der Waals surface area contributed by atoms with Crippen LogP contribution in [-0.2, 0) is 35.5 Å². The van der Waals surface area contributed by atoms with Crippen molar-refractivity contribution < 1.29 is 13.2 Å². The number of amides is 1. The molecule has 12 heteroatoms. The number of nitrogens with one attached hydrogen (secondary N) is 1. The third kappa shape index (κ3) is 3.68. The summed E-state index contributed by atoms with van der Waals surface area (Å²) in [5.74, 6) is -0.467. The van der Waals surface area contributed by atoms with Crippen molar-refractivity contribution in [3.8, 4) is 0 Å². The van der Waals surface area contributed by atoms with Gasteiger partial charge in [0, 0.05) is 32.9 Å². The van der Waals surface area contributed by atoms with Crippen molar-refractivity contribution in [1.29, 1.82) is 0 Å². The number of sulfonamides is 1. The molecule has 2 aromatic heterocycles. The molecule has 1 saturated heterocycles. The van der Waals surface area contributed by atoms with Gasteiger partial charge in [0.1, 0.15) is 6.54 Å². The van der Waals surface area contributed by atoms with Crippen LogP contribution in [0.25, 0.3) is 11.2 Å². The average molecular weight is 446 g/mol. The minimum Gasteiger partial charge on any atom is -0.324 e. The summed E-state index contributed by atoms with van der Waals surface area (Å²) in [7, 11) is -0.756. The van der Waals surface area contributed by atoms with Gasteiger partial charge in [-0.25, -0.2) is 18.2 Å². The normalized spacial score (nSPS) is 14.9. The number of hydrogen-bond donors (Lipinski definition) is 1. The highest BCUT2D eigenvalue weighted by Gasteiger charge is 2.27. The quantitative estimate of drug-likeness (QED) is 0.581. The largest absolute Gasteiger partial charge is 0.332 e. The molecule has 0 saturated carbocycles. The Balaban J connectivity index is 1.58. The van der Waals surface area contributed by atoms with Gasteiger partial charge in [0.15, 0.2) is 11.2 Å². The molecule has 3 heterocycles. The van der Waals surface area contributed by atoms with Crippen molar-refractivity contribution in [3.05, 3.63) is 51.4 Å². The first-order valence-corrected chi connectivity index (χ1v) is 11.1. The van der Waals surface area contributed by atoms with Crippen LogP contribution < -0.4 is 16.6 Å². The van der Waals surface area contributed by atoms with Crippen LogP contribution in [0.4, 0.5) is 5.69 Å². The van der Waals surface area contributed by atoms with Crippen molar-refractivity contribution in [1.82, 2.24) is 23.0 Å². The summed E-state index contributed by atoms with van der Waals surface area (Å²) < 4.78 is 30.5. The van der Waals surface area contributed by atoms with Gasteiger partial charge in [0.2, 0.25) is 15.9 Å². The molecule has 31 heavy (non-hydrogen) atoms. The molecule has 0 bridgehead atoms. The molecule has 0 spiro atoms. The Kier molecular flexibility index (Phi) is 5.27. The van der Waals surface area contributed by atoms with E-state index in [9.17, 15) is 22.8 Å². The van der Waals surface area contributed by atoms with Crippen LogP contribution in [0.1, 0.15) is 12.8 Å². The Bertz CT molecular complexity index is 1400. The number of carbonyl (C=O) groups excluding carboxylic acids is 1. The second kappa shape index (κ2) is 7.78.